The van der Waals surface area contributed by atoms with Gasteiger partial charge in [-0.3, -0.25) is 14.3 Å². The van der Waals surface area contributed by atoms with Crippen molar-refractivity contribution < 1.29 is 23.1 Å². The first kappa shape index (κ1) is 17.0. The summed E-state index contributed by atoms with van der Waals surface area (Å²) in [4.78, 5) is 21.5. The number of carbonyl (C=O) groups is 2. The first-order valence-corrected chi connectivity index (χ1v) is 7.99. The SMILES string of the molecule is CNC(=O)Cc1ccc(NS(=O)(=O)CCCC(=O)O)cc1. The van der Waals surface area contributed by atoms with Gasteiger partial charge in [-0.05, 0) is 24.1 Å². The standard InChI is InChI=1S/C13H18N2O5S/c1-14-12(16)9-10-4-6-11(7-5-10)15-21(19,20)8-2-3-13(17)18/h4-7,15H,2-3,8-9H2,1H3,(H,14,16)(H,17,18). The highest BCUT2D eigenvalue weighted by Crippen LogP contribution is 2.12. The van der Waals surface area contributed by atoms with Crippen molar-refractivity contribution in [3.63, 3.8) is 0 Å². The summed E-state index contributed by atoms with van der Waals surface area (Å²) < 4.78 is 25.8. The number of aliphatic carboxylic acids is 1. The molecule has 0 aliphatic heterocycles. The number of rotatable bonds is 8. The Balaban J connectivity index is 2.58. The molecule has 0 saturated carbocycles. The fourth-order valence-corrected chi connectivity index (χ4v) is 2.73. The van der Waals surface area contributed by atoms with Gasteiger partial charge in [0.25, 0.3) is 0 Å². The molecule has 3 N–H and O–H groups in total. The topological polar surface area (TPSA) is 113 Å². The van der Waals surface area contributed by atoms with Crippen molar-refractivity contribution in [2.75, 3.05) is 17.5 Å². The molecular weight excluding hydrogens is 296 g/mol. The van der Waals surface area contributed by atoms with Crippen molar-refractivity contribution in [1.82, 2.24) is 5.32 Å². The molecule has 0 aliphatic carbocycles. The number of benzene rings is 1. The van der Waals surface area contributed by atoms with E-state index in [0.29, 0.717) is 5.69 Å². The highest BCUT2D eigenvalue weighted by Gasteiger charge is 2.11. The van der Waals surface area contributed by atoms with Gasteiger partial charge in [-0.2, -0.15) is 0 Å². The molecule has 21 heavy (non-hydrogen) atoms. The van der Waals surface area contributed by atoms with Gasteiger partial charge in [0.05, 0.1) is 12.2 Å². The number of likely N-dealkylation sites (N-methyl/N-ethyl adjacent to an activating group) is 1. The molecule has 0 fully saturated rings. The van der Waals surface area contributed by atoms with Crippen LogP contribution in [0.15, 0.2) is 24.3 Å². The third-order valence-corrected chi connectivity index (χ3v) is 4.05. The van der Waals surface area contributed by atoms with Crippen LogP contribution in [0.25, 0.3) is 0 Å². The third kappa shape index (κ3) is 6.75. The Morgan fingerprint density at radius 2 is 1.81 bits per heavy atom. The molecule has 7 nitrogen and oxygen atoms in total. The molecule has 0 radical (unpaired) electrons. The zero-order chi connectivity index (χ0) is 15.9. The molecule has 1 amide bonds. The van der Waals surface area contributed by atoms with Gasteiger partial charge in [-0.15, -0.1) is 0 Å². The molecule has 1 rings (SSSR count). The van der Waals surface area contributed by atoms with Gasteiger partial charge in [0, 0.05) is 19.2 Å². The van der Waals surface area contributed by atoms with Crippen LogP contribution in [-0.2, 0) is 26.0 Å². The molecule has 8 heteroatoms. The van der Waals surface area contributed by atoms with E-state index in [0.717, 1.165) is 5.56 Å². The molecule has 0 bridgehead atoms. The minimum Gasteiger partial charge on any atom is -0.481 e. The minimum absolute atomic E-state index is 0.0550. The molecule has 0 saturated heterocycles. The predicted molar refractivity (Wildman–Crippen MR) is 78.5 cm³/mol. The van der Waals surface area contributed by atoms with Gasteiger partial charge in [0.15, 0.2) is 0 Å². The van der Waals surface area contributed by atoms with Gasteiger partial charge in [-0.25, -0.2) is 8.42 Å². The maximum Gasteiger partial charge on any atom is 0.303 e. The summed E-state index contributed by atoms with van der Waals surface area (Å²) in [5, 5.41) is 11.0. The predicted octanol–water partition coefficient (Wildman–Crippen LogP) is 0.582. The molecule has 0 heterocycles. The molecule has 0 atom stereocenters. The van der Waals surface area contributed by atoms with E-state index >= 15 is 0 Å². The maximum atomic E-state index is 11.7. The fraction of sp³-hybridized carbons (Fsp3) is 0.385. The van der Waals surface area contributed by atoms with Gasteiger partial charge >= 0.3 is 5.97 Å². The molecular formula is C13H18N2O5S. The van der Waals surface area contributed by atoms with Crippen molar-refractivity contribution in [3.8, 4) is 0 Å². The van der Waals surface area contributed by atoms with E-state index in [4.69, 9.17) is 5.11 Å². The minimum atomic E-state index is -3.56. The van der Waals surface area contributed by atoms with Crippen LogP contribution >= 0.6 is 0 Å². The highest BCUT2D eigenvalue weighted by molar-refractivity contribution is 7.92. The second-order valence-corrected chi connectivity index (χ2v) is 6.31. The summed E-state index contributed by atoms with van der Waals surface area (Å²) in [6.07, 6.45) is 0.0908. The fourth-order valence-electron chi connectivity index (χ4n) is 1.61. The second kappa shape index (κ2) is 7.63. The van der Waals surface area contributed by atoms with Crippen LogP contribution in [0.1, 0.15) is 18.4 Å². The maximum absolute atomic E-state index is 11.7. The Kier molecular flexibility index (Phi) is 6.16. The number of carboxylic acid groups (broad SMARTS) is 1. The average Bonchev–Trinajstić information content (AvgIpc) is 2.39. The average molecular weight is 314 g/mol. The molecule has 1 aromatic carbocycles. The summed E-state index contributed by atoms with van der Waals surface area (Å²) in [5.74, 6) is -1.40. The molecule has 0 aromatic heterocycles. The number of anilines is 1. The van der Waals surface area contributed by atoms with Crippen molar-refractivity contribution in [1.29, 1.82) is 0 Å². The number of nitrogens with one attached hydrogen (secondary N) is 2. The second-order valence-electron chi connectivity index (χ2n) is 4.47. The lowest BCUT2D eigenvalue weighted by Gasteiger charge is -2.08. The summed E-state index contributed by atoms with van der Waals surface area (Å²) in [6, 6.07) is 6.44. The third-order valence-electron chi connectivity index (χ3n) is 2.67. The molecule has 0 aliphatic rings. The van der Waals surface area contributed by atoms with Crippen LogP contribution in [0.4, 0.5) is 5.69 Å². The number of sulfonamides is 1. The number of hydrogen-bond donors (Lipinski definition) is 3. The van der Waals surface area contributed by atoms with Crippen LogP contribution in [0.3, 0.4) is 0 Å². The van der Waals surface area contributed by atoms with E-state index < -0.39 is 16.0 Å². The van der Waals surface area contributed by atoms with Crippen LogP contribution in [0.5, 0.6) is 0 Å². The van der Waals surface area contributed by atoms with Gasteiger partial charge < -0.3 is 10.4 Å². The first-order valence-electron chi connectivity index (χ1n) is 6.34. The largest absolute Gasteiger partial charge is 0.481 e. The normalized spacial score (nSPS) is 10.9. The van der Waals surface area contributed by atoms with Crippen LogP contribution in [0.2, 0.25) is 0 Å². The monoisotopic (exact) mass is 314 g/mol. The summed E-state index contributed by atoms with van der Waals surface area (Å²) in [7, 11) is -2.02. The Bertz CT molecular complexity index is 595. The van der Waals surface area contributed by atoms with Crippen LogP contribution in [-0.4, -0.2) is 38.2 Å². The summed E-state index contributed by atoms with van der Waals surface area (Å²) in [6.45, 7) is 0. The van der Waals surface area contributed by atoms with E-state index in [9.17, 15) is 18.0 Å². The Morgan fingerprint density at radius 1 is 1.19 bits per heavy atom. The Hall–Kier alpha value is -2.09. The molecule has 0 spiro atoms. The lowest BCUT2D eigenvalue weighted by atomic mass is 10.1. The summed E-state index contributed by atoms with van der Waals surface area (Å²) >= 11 is 0. The van der Waals surface area contributed by atoms with E-state index in [1.807, 2.05) is 0 Å². The van der Waals surface area contributed by atoms with Gasteiger partial charge in [0.2, 0.25) is 15.9 Å². The van der Waals surface area contributed by atoms with Crippen molar-refractivity contribution in [2.45, 2.75) is 19.3 Å². The van der Waals surface area contributed by atoms with E-state index in [1.54, 1.807) is 31.3 Å². The lowest BCUT2D eigenvalue weighted by molar-refractivity contribution is -0.137. The van der Waals surface area contributed by atoms with E-state index in [2.05, 4.69) is 10.0 Å². The zero-order valence-electron chi connectivity index (χ0n) is 11.6. The number of carbonyl (C=O) groups excluding carboxylic acids is 1. The quantitative estimate of drug-likeness (QED) is 0.650. The number of hydrogen-bond acceptors (Lipinski definition) is 4. The highest BCUT2D eigenvalue weighted by atomic mass is 32.2. The first-order chi connectivity index (χ1) is 9.82. The Morgan fingerprint density at radius 3 is 2.33 bits per heavy atom. The Labute approximate surface area is 123 Å². The molecule has 0 unspecified atom stereocenters. The smallest absolute Gasteiger partial charge is 0.303 e. The van der Waals surface area contributed by atoms with Crippen LogP contribution < -0.4 is 10.0 Å². The number of amides is 1. The number of carboxylic acids is 1. The summed E-state index contributed by atoms with van der Waals surface area (Å²) in [5.41, 5.74) is 1.15. The van der Waals surface area contributed by atoms with E-state index in [-0.39, 0.29) is 30.9 Å². The van der Waals surface area contributed by atoms with Gasteiger partial charge in [0.1, 0.15) is 0 Å². The van der Waals surface area contributed by atoms with E-state index in [1.165, 1.54) is 0 Å². The zero-order valence-corrected chi connectivity index (χ0v) is 12.4. The van der Waals surface area contributed by atoms with Crippen molar-refractivity contribution in [3.05, 3.63) is 29.8 Å². The van der Waals surface area contributed by atoms with Crippen molar-refractivity contribution >= 4 is 27.6 Å². The van der Waals surface area contributed by atoms with Gasteiger partial charge in [-0.1, -0.05) is 12.1 Å². The molecule has 1 aromatic rings. The van der Waals surface area contributed by atoms with Crippen LogP contribution in [0, 0.1) is 0 Å². The van der Waals surface area contributed by atoms with Crippen molar-refractivity contribution in [2.24, 2.45) is 0 Å². The molecule has 116 valence electrons. The lowest BCUT2D eigenvalue weighted by Crippen LogP contribution is -2.20.